The van der Waals surface area contributed by atoms with Crippen LogP contribution in [0.2, 0.25) is 5.02 Å². The largest absolute Gasteiger partial charge is 0.354 e. The second-order valence-electron chi connectivity index (χ2n) is 6.46. The third-order valence-corrected chi connectivity index (χ3v) is 6.89. The predicted octanol–water partition coefficient (Wildman–Crippen LogP) is 2.08. The SMILES string of the molecule is CCN(CC)C(CNC(=NC)NC1CCS(=O)(=O)C1)c1ccccc1Cl. The van der Waals surface area contributed by atoms with E-state index in [1.54, 1.807) is 7.05 Å². The van der Waals surface area contributed by atoms with Crippen LogP contribution in [0.4, 0.5) is 0 Å². The van der Waals surface area contributed by atoms with Crippen LogP contribution in [0.5, 0.6) is 0 Å². The molecule has 2 rings (SSSR count). The van der Waals surface area contributed by atoms with E-state index in [1.807, 2.05) is 24.3 Å². The van der Waals surface area contributed by atoms with Gasteiger partial charge in [-0.2, -0.15) is 0 Å². The molecule has 1 aliphatic rings. The number of aliphatic imine (C=N–C) groups is 1. The van der Waals surface area contributed by atoms with Crippen molar-refractivity contribution in [2.75, 3.05) is 38.2 Å². The average Bonchev–Trinajstić information content (AvgIpc) is 2.96. The van der Waals surface area contributed by atoms with Gasteiger partial charge in [0.15, 0.2) is 15.8 Å². The second kappa shape index (κ2) is 9.58. The fraction of sp³-hybridized carbons (Fsp3) is 0.611. The van der Waals surface area contributed by atoms with Crippen LogP contribution in [-0.2, 0) is 9.84 Å². The molecule has 1 saturated heterocycles. The van der Waals surface area contributed by atoms with Gasteiger partial charge in [0.25, 0.3) is 0 Å². The number of hydrogen-bond acceptors (Lipinski definition) is 4. The van der Waals surface area contributed by atoms with Crippen molar-refractivity contribution in [1.82, 2.24) is 15.5 Å². The molecular formula is C18H29ClN4O2S. The number of guanidine groups is 1. The molecule has 0 spiro atoms. The molecule has 1 aromatic carbocycles. The third-order valence-electron chi connectivity index (χ3n) is 4.78. The summed E-state index contributed by atoms with van der Waals surface area (Å²) in [5.74, 6) is 1.03. The molecule has 6 nitrogen and oxygen atoms in total. The topological polar surface area (TPSA) is 73.8 Å². The van der Waals surface area contributed by atoms with Gasteiger partial charge in [0.05, 0.1) is 17.5 Å². The molecule has 2 atom stereocenters. The van der Waals surface area contributed by atoms with E-state index in [9.17, 15) is 8.42 Å². The number of rotatable bonds is 7. The molecule has 2 N–H and O–H groups in total. The summed E-state index contributed by atoms with van der Waals surface area (Å²) in [5.41, 5.74) is 1.07. The highest BCUT2D eigenvalue weighted by atomic mass is 35.5. The summed E-state index contributed by atoms with van der Waals surface area (Å²) in [7, 11) is -1.23. The van der Waals surface area contributed by atoms with Crippen molar-refractivity contribution >= 4 is 27.4 Å². The molecule has 0 aromatic heterocycles. The highest BCUT2D eigenvalue weighted by Gasteiger charge is 2.28. The van der Waals surface area contributed by atoms with Crippen LogP contribution in [0.25, 0.3) is 0 Å². The van der Waals surface area contributed by atoms with Gasteiger partial charge in [-0.1, -0.05) is 43.6 Å². The van der Waals surface area contributed by atoms with Gasteiger partial charge in [0, 0.05) is 24.7 Å². The smallest absolute Gasteiger partial charge is 0.191 e. The minimum Gasteiger partial charge on any atom is -0.354 e. The van der Waals surface area contributed by atoms with Crippen molar-refractivity contribution in [1.29, 1.82) is 0 Å². The Hall–Kier alpha value is -1.31. The van der Waals surface area contributed by atoms with Crippen LogP contribution in [0.1, 0.15) is 31.9 Å². The van der Waals surface area contributed by atoms with Crippen LogP contribution >= 0.6 is 11.6 Å². The molecule has 1 aromatic rings. The zero-order valence-corrected chi connectivity index (χ0v) is 17.3. The van der Waals surface area contributed by atoms with E-state index >= 15 is 0 Å². The van der Waals surface area contributed by atoms with Gasteiger partial charge in [-0.3, -0.25) is 9.89 Å². The third kappa shape index (κ3) is 5.59. The summed E-state index contributed by atoms with van der Waals surface area (Å²) in [6.07, 6.45) is 0.618. The van der Waals surface area contributed by atoms with E-state index in [0.29, 0.717) is 18.9 Å². The van der Waals surface area contributed by atoms with Crippen molar-refractivity contribution in [2.45, 2.75) is 32.4 Å². The van der Waals surface area contributed by atoms with Crippen molar-refractivity contribution in [3.05, 3.63) is 34.9 Å². The van der Waals surface area contributed by atoms with Gasteiger partial charge in [0.1, 0.15) is 0 Å². The Kier molecular flexibility index (Phi) is 7.73. The Morgan fingerprint density at radius 3 is 2.58 bits per heavy atom. The molecule has 0 amide bonds. The van der Waals surface area contributed by atoms with Gasteiger partial charge < -0.3 is 10.6 Å². The first-order valence-corrected chi connectivity index (χ1v) is 11.3. The van der Waals surface area contributed by atoms with Crippen LogP contribution < -0.4 is 10.6 Å². The standard InChI is InChI=1S/C18H29ClN4O2S/c1-4-23(5-2)17(15-8-6-7-9-16(15)19)12-21-18(20-3)22-14-10-11-26(24,25)13-14/h6-9,14,17H,4-5,10-13H2,1-3H3,(H2,20,21,22). The first-order chi connectivity index (χ1) is 12.4. The Bertz CT molecular complexity index is 720. The van der Waals surface area contributed by atoms with Crippen molar-refractivity contribution < 1.29 is 8.42 Å². The fourth-order valence-electron chi connectivity index (χ4n) is 3.34. The first-order valence-electron chi connectivity index (χ1n) is 9.06. The molecule has 0 saturated carbocycles. The van der Waals surface area contributed by atoms with Crippen molar-refractivity contribution in [3.8, 4) is 0 Å². The lowest BCUT2D eigenvalue weighted by Crippen LogP contribution is -2.47. The number of sulfone groups is 1. The molecule has 2 unspecified atom stereocenters. The van der Waals surface area contributed by atoms with Gasteiger partial charge in [-0.15, -0.1) is 0 Å². The highest BCUT2D eigenvalue weighted by molar-refractivity contribution is 7.91. The fourth-order valence-corrected chi connectivity index (χ4v) is 5.27. The van der Waals surface area contributed by atoms with Gasteiger partial charge >= 0.3 is 0 Å². The number of nitrogens with zero attached hydrogens (tertiary/aromatic N) is 2. The maximum atomic E-state index is 11.6. The Balaban J connectivity index is 2.07. The second-order valence-corrected chi connectivity index (χ2v) is 9.09. The molecule has 0 aliphatic carbocycles. The lowest BCUT2D eigenvalue weighted by Gasteiger charge is -2.31. The van der Waals surface area contributed by atoms with Gasteiger partial charge in [-0.25, -0.2) is 8.42 Å². The van der Waals surface area contributed by atoms with Gasteiger partial charge in [-0.05, 0) is 31.1 Å². The summed E-state index contributed by atoms with van der Waals surface area (Å²) < 4.78 is 23.3. The summed E-state index contributed by atoms with van der Waals surface area (Å²) >= 11 is 6.43. The summed E-state index contributed by atoms with van der Waals surface area (Å²) in [6.45, 7) is 6.69. The predicted molar refractivity (Wildman–Crippen MR) is 109 cm³/mol. The molecule has 26 heavy (non-hydrogen) atoms. The van der Waals surface area contributed by atoms with E-state index < -0.39 is 9.84 Å². The van der Waals surface area contributed by atoms with E-state index in [4.69, 9.17) is 11.6 Å². The average molecular weight is 401 g/mol. The number of hydrogen-bond donors (Lipinski definition) is 2. The number of likely N-dealkylation sites (N-methyl/N-ethyl adjacent to an activating group) is 1. The lowest BCUT2D eigenvalue weighted by molar-refractivity contribution is 0.219. The first kappa shape index (κ1) is 21.0. The molecule has 0 radical (unpaired) electrons. The molecule has 0 bridgehead atoms. The quantitative estimate of drug-likeness (QED) is 0.541. The lowest BCUT2D eigenvalue weighted by atomic mass is 10.0. The normalized spacial score (nSPS) is 21.0. The Morgan fingerprint density at radius 2 is 2.04 bits per heavy atom. The minimum absolute atomic E-state index is 0.0848. The summed E-state index contributed by atoms with van der Waals surface area (Å²) in [6, 6.07) is 7.90. The zero-order valence-electron chi connectivity index (χ0n) is 15.7. The Morgan fingerprint density at radius 1 is 1.35 bits per heavy atom. The van der Waals surface area contributed by atoms with Crippen LogP contribution in [0, 0.1) is 0 Å². The molecule has 1 heterocycles. The Labute approximate surface area is 161 Å². The molecule has 1 fully saturated rings. The zero-order chi connectivity index (χ0) is 19.2. The van der Waals surface area contributed by atoms with Crippen LogP contribution in [-0.4, -0.2) is 63.5 Å². The number of benzene rings is 1. The minimum atomic E-state index is -2.92. The maximum absolute atomic E-state index is 11.6. The van der Waals surface area contributed by atoms with Crippen molar-refractivity contribution in [3.63, 3.8) is 0 Å². The van der Waals surface area contributed by atoms with E-state index in [0.717, 1.165) is 23.7 Å². The van der Waals surface area contributed by atoms with E-state index in [2.05, 4.69) is 34.4 Å². The molecule has 8 heteroatoms. The van der Waals surface area contributed by atoms with E-state index in [-0.39, 0.29) is 23.6 Å². The van der Waals surface area contributed by atoms with Crippen LogP contribution in [0.3, 0.4) is 0 Å². The van der Waals surface area contributed by atoms with E-state index in [1.165, 1.54) is 0 Å². The number of nitrogens with one attached hydrogen (secondary N) is 2. The van der Waals surface area contributed by atoms with Gasteiger partial charge in [0.2, 0.25) is 0 Å². The molecular weight excluding hydrogens is 372 g/mol. The summed E-state index contributed by atoms with van der Waals surface area (Å²) in [5, 5.41) is 7.31. The molecule has 1 aliphatic heterocycles. The molecule has 146 valence electrons. The summed E-state index contributed by atoms with van der Waals surface area (Å²) in [4.78, 5) is 6.58. The highest BCUT2D eigenvalue weighted by Crippen LogP contribution is 2.27. The van der Waals surface area contributed by atoms with Crippen molar-refractivity contribution in [2.24, 2.45) is 4.99 Å². The monoisotopic (exact) mass is 400 g/mol. The van der Waals surface area contributed by atoms with Crippen LogP contribution in [0.15, 0.2) is 29.3 Å². The maximum Gasteiger partial charge on any atom is 0.191 e. The number of halogens is 1.